The Kier molecular flexibility index (Phi) is 6.12. The first-order valence-corrected chi connectivity index (χ1v) is 9.06. The van der Waals surface area contributed by atoms with Crippen LogP contribution in [0.15, 0.2) is 68.3 Å². The quantitative estimate of drug-likeness (QED) is 0.544. The zero-order chi connectivity index (χ0) is 21.0. The molecular formula is C19H14BrF3N2O4. The van der Waals surface area contributed by atoms with Crippen LogP contribution in [0.5, 0.6) is 0 Å². The SMILES string of the molecule is O=C(Nc1cccc(C(=O)N(Cc2ccco2)CC(F)(F)F)c1)c1ccc(Br)o1. The third kappa shape index (κ3) is 5.74. The maximum absolute atomic E-state index is 13.0. The summed E-state index contributed by atoms with van der Waals surface area (Å²) in [6.07, 6.45) is -3.27. The average Bonchev–Trinajstić information content (AvgIpc) is 3.31. The number of carbonyl (C=O) groups excluding carboxylic acids is 2. The maximum Gasteiger partial charge on any atom is 0.406 e. The van der Waals surface area contributed by atoms with E-state index in [0.29, 0.717) is 9.57 Å². The fourth-order valence-corrected chi connectivity index (χ4v) is 2.85. The van der Waals surface area contributed by atoms with E-state index in [4.69, 9.17) is 8.83 Å². The van der Waals surface area contributed by atoms with Crippen molar-refractivity contribution in [2.24, 2.45) is 0 Å². The number of rotatable bonds is 6. The molecule has 152 valence electrons. The number of nitrogens with zero attached hydrogens (tertiary/aromatic N) is 1. The van der Waals surface area contributed by atoms with E-state index in [1.165, 1.54) is 48.7 Å². The van der Waals surface area contributed by atoms with Crippen LogP contribution in [0.4, 0.5) is 18.9 Å². The van der Waals surface area contributed by atoms with Crippen LogP contribution < -0.4 is 5.32 Å². The van der Waals surface area contributed by atoms with Gasteiger partial charge in [-0.05, 0) is 58.4 Å². The summed E-state index contributed by atoms with van der Waals surface area (Å²) in [7, 11) is 0. The van der Waals surface area contributed by atoms with Gasteiger partial charge in [-0.25, -0.2) is 0 Å². The first kappa shape index (κ1) is 20.7. The standard InChI is InChI=1S/C19H14BrF3N2O4/c20-16-7-6-15(29-16)17(26)24-13-4-1-3-12(9-13)18(27)25(11-19(21,22)23)10-14-5-2-8-28-14/h1-9H,10-11H2,(H,24,26). The smallest absolute Gasteiger partial charge is 0.406 e. The summed E-state index contributed by atoms with van der Waals surface area (Å²) in [6.45, 7) is -1.79. The van der Waals surface area contributed by atoms with Gasteiger partial charge in [-0.2, -0.15) is 13.2 Å². The highest BCUT2D eigenvalue weighted by Gasteiger charge is 2.34. The van der Waals surface area contributed by atoms with Crippen LogP contribution in [0.2, 0.25) is 0 Å². The van der Waals surface area contributed by atoms with Crippen molar-refractivity contribution >= 4 is 33.4 Å². The summed E-state index contributed by atoms with van der Waals surface area (Å²) in [5, 5.41) is 2.53. The minimum absolute atomic E-state index is 0.0146. The zero-order valence-electron chi connectivity index (χ0n) is 14.7. The third-order valence-electron chi connectivity index (χ3n) is 3.75. The van der Waals surface area contributed by atoms with Gasteiger partial charge in [-0.1, -0.05) is 6.07 Å². The lowest BCUT2D eigenvalue weighted by molar-refractivity contribution is -0.142. The molecule has 0 unspecified atom stereocenters. The molecule has 0 aliphatic rings. The molecule has 0 atom stereocenters. The molecule has 0 aliphatic heterocycles. The molecule has 0 spiro atoms. The fraction of sp³-hybridized carbons (Fsp3) is 0.158. The summed E-state index contributed by atoms with van der Waals surface area (Å²) in [5.74, 6) is -1.17. The Hall–Kier alpha value is -3.01. The van der Waals surface area contributed by atoms with Crippen LogP contribution in [0.25, 0.3) is 0 Å². The topological polar surface area (TPSA) is 75.7 Å². The molecule has 0 saturated carbocycles. The van der Waals surface area contributed by atoms with Gasteiger partial charge >= 0.3 is 6.18 Å². The second-order valence-corrected chi connectivity index (χ2v) is 6.78. The Bertz CT molecular complexity index is 999. The van der Waals surface area contributed by atoms with E-state index in [1.807, 2.05) is 0 Å². The molecular weight excluding hydrogens is 457 g/mol. The van der Waals surface area contributed by atoms with Crippen molar-refractivity contribution in [1.82, 2.24) is 4.90 Å². The summed E-state index contributed by atoms with van der Waals surface area (Å²) in [5.41, 5.74) is 0.220. The van der Waals surface area contributed by atoms with E-state index < -0.39 is 24.5 Å². The lowest BCUT2D eigenvalue weighted by Gasteiger charge is -2.23. The van der Waals surface area contributed by atoms with E-state index >= 15 is 0 Å². The Morgan fingerprint density at radius 1 is 1.10 bits per heavy atom. The van der Waals surface area contributed by atoms with Crippen molar-refractivity contribution in [3.8, 4) is 0 Å². The predicted molar refractivity (Wildman–Crippen MR) is 100 cm³/mol. The molecule has 1 aromatic carbocycles. The van der Waals surface area contributed by atoms with Crippen molar-refractivity contribution in [2.75, 3.05) is 11.9 Å². The molecule has 6 nitrogen and oxygen atoms in total. The van der Waals surface area contributed by atoms with Gasteiger partial charge in [-0.15, -0.1) is 0 Å². The Labute approximate surface area is 171 Å². The molecule has 0 fully saturated rings. The van der Waals surface area contributed by atoms with Crippen molar-refractivity contribution < 1.29 is 31.6 Å². The largest absolute Gasteiger partial charge is 0.467 e. The number of carbonyl (C=O) groups is 2. The normalized spacial score (nSPS) is 11.3. The number of anilines is 1. The molecule has 2 amide bonds. The first-order chi connectivity index (χ1) is 13.7. The van der Waals surface area contributed by atoms with Gasteiger partial charge < -0.3 is 19.1 Å². The van der Waals surface area contributed by atoms with Crippen LogP contribution >= 0.6 is 15.9 Å². The van der Waals surface area contributed by atoms with Gasteiger partial charge in [0.05, 0.1) is 12.8 Å². The average molecular weight is 471 g/mol. The van der Waals surface area contributed by atoms with Gasteiger partial charge in [0.2, 0.25) is 0 Å². The van der Waals surface area contributed by atoms with Gasteiger partial charge in [0.1, 0.15) is 12.3 Å². The highest BCUT2D eigenvalue weighted by Crippen LogP contribution is 2.22. The second kappa shape index (κ2) is 8.56. The number of nitrogens with one attached hydrogen (secondary N) is 1. The Balaban J connectivity index is 1.79. The minimum Gasteiger partial charge on any atom is -0.467 e. The van der Waals surface area contributed by atoms with Crippen molar-refractivity contribution in [3.05, 3.63) is 76.5 Å². The molecule has 0 radical (unpaired) electrons. The Morgan fingerprint density at radius 3 is 2.52 bits per heavy atom. The molecule has 2 heterocycles. The summed E-state index contributed by atoms with van der Waals surface area (Å²) in [6, 6.07) is 11.6. The van der Waals surface area contributed by atoms with Gasteiger partial charge in [-0.3, -0.25) is 9.59 Å². The van der Waals surface area contributed by atoms with Crippen LogP contribution in [-0.2, 0) is 6.54 Å². The number of furan rings is 2. The monoisotopic (exact) mass is 470 g/mol. The van der Waals surface area contributed by atoms with Gasteiger partial charge in [0.25, 0.3) is 11.8 Å². The molecule has 10 heteroatoms. The number of halogens is 4. The molecule has 3 aromatic rings. The summed E-state index contributed by atoms with van der Waals surface area (Å²) >= 11 is 3.08. The molecule has 3 rings (SSSR count). The number of alkyl halides is 3. The molecule has 1 N–H and O–H groups in total. The van der Waals surface area contributed by atoms with Crippen LogP contribution in [-0.4, -0.2) is 29.4 Å². The van der Waals surface area contributed by atoms with Gasteiger partial charge in [0, 0.05) is 11.3 Å². The van der Waals surface area contributed by atoms with Crippen LogP contribution in [0.1, 0.15) is 26.7 Å². The molecule has 0 saturated heterocycles. The highest BCUT2D eigenvalue weighted by molar-refractivity contribution is 9.10. The zero-order valence-corrected chi connectivity index (χ0v) is 16.3. The predicted octanol–water partition coefficient (Wildman–Crippen LogP) is 5.09. The summed E-state index contributed by atoms with van der Waals surface area (Å²) in [4.78, 5) is 25.5. The lowest BCUT2D eigenvalue weighted by Crippen LogP contribution is -2.38. The van der Waals surface area contributed by atoms with Crippen molar-refractivity contribution in [2.45, 2.75) is 12.7 Å². The van der Waals surface area contributed by atoms with Crippen LogP contribution in [0.3, 0.4) is 0 Å². The molecule has 2 aromatic heterocycles. The molecule has 0 aliphatic carbocycles. The van der Waals surface area contributed by atoms with Gasteiger partial charge in [0.15, 0.2) is 10.4 Å². The third-order valence-corrected chi connectivity index (χ3v) is 4.17. The first-order valence-electron chi connectivity index (χ1n) is 8.26. The van der Waals surface area contributed by atoms with E-state index in [1.54, 1.807) is 6.07 Å². The molecule has 0 bridgehead atoms. The van der Waals surface area contributed by atoms with E-state index in [-0.39, 0.29) is 29.3 Å². The van der Waals surface area contributed by atoms with E-state index in [2.05, 4.69) is 21.2 Å². The Morgan fingerprint density at radius 2 is 1.90 bits per heavy atom. The lowest BCUT2D eigenvalue weighted by atomic mass is 10.1. The number of hydrogen-bond donors (Lipinski definition) is 1. The number of benzene rings is 1. The number of hydrogen-bond acceptors (Lipinski definition) is 4. The minimum atomic E-state index is -4.58. The van der Waals surface area contributed by atoms with E-state index in [0.717, 1.165) is 0 Å². The molecule has 29 heavy (non-hydrogen) atoms. The van der Waals surface area contributed by atoms with Crippen LogP contribution in [0, 0.1) is 0 Å². The number of amides is 2. The highest BCUT2D eigenvalue weighted by atomic mass is 79.9. The van der Waals surface area contributed by atoms with E-state index in [9.17, 15) is 22.8 Å². The maximum atomic E-state index is 13.0. The van der Waals surface area contributed by atoms with Crippen molar-refractivity contribution in [1.29, 1.82) is 0 Å². The van der Waals surface area contributed by atoms with Crippen molar-refractivity contribution in [3.63, 3.8) is 0 Å². The summed E-state index contributed by atoms with van der Waals surface area (Å²) < 4.78 is 49.4. The second-order valence-electron chi connectivity index (χ2n) is 5.99. The fourth-order valence-electron chi connectivity index (χ4n) is 2.55.